The van der Waals surface area contributed by atoms with E-state index in [0.29, 0.717) is 24.7 Å². The van der Waals surface area contributed by atoms with E-state index in [1.54, 1.807) is 0 Å². The van der Waals surface area contributed by atoms with Crippen molar-refractivity contribution in [1.82, 2.24) is 0 Å². The summed E-state index contributed by atoms with van der Waals surface area (Å²) >= 11 is 0. The standard InChI is InChI=1S/C30H48O3/c1-18(2)10-9-11-19(3)20-12-15-29(7)26-21(31)16-23-27(4,5)24(33)13-14-28(23,6)25(26)22(32)17-30(20,29)8/h10,19-21,23-24,31,33H,9,11-17H2,1-8H3/t19-,20+,21-,23+,24+,28+,29-,30+/m1/s1. The number of aliphatic hydroxyl groups is 2. The molecule has 0 aromatic carbocycles. The molecule has 2 saturated carbocycles. The summed E-state index contributed by atoms with van der Waals surface area (Å²) in [6, 6.07) is 0. The Balaban J connectivity index is 1.75. The van der Waals surface area contributed by atoms with Gasteiger partial charge >= 0.3 is 0 Å². The van der Waals surface area contributed by atoms with E-state index in [4.69, 9.17) is 0 Å². The zero-order chi connectivity index (χ0) is 24.6. The van der Waals surface area contributed by atoms with Gasteiger partial charge < -0.3 is 10.2 Å². The number of Topliss-reactive ketones (excluding diaryl/α,β-unsaturated/α-hetero) is 1. The molecule has 8 atom stereocenters. The highest BCUT2D eigenvalue weighted by Gasteiger charge is 2.67. The maximum Gasteiger partial charge on any atom is 0.160 e. The van der Waals surface area contributed by atoms with Gasteiger partial charge in [-0.25, -0.2) is 0 Å². The molecule has 0 saturated heterocycles. The van der Waals surface area contributed by atoms with Gasteiger partial charge in [0.2, 0.25) is 0 Å². The Hall–Kier alpha value is -0.930. The summed E-state index contributed by atoms with van der Waals surface area (Å²) in [7, 11) is 0. The molecule has 0 spiro atoms. The van der Waals surface area contributed by atoms with Gasteiger partial charge in [-0.05, 0) is 104 Å². The lowest BCUT2D eigenvalue weighted by Crippen LogP contribution is -2.59. The fraction of sp³-hybridized carbons (Fsp3) is 0.833. The van der Waals surface area contributed by atoms with Crippen LogP contribution in [0.15, 0.2) is 22.8 Å². The van der Waals surface area contributed by atoms with Crippen LogP contribution in [-0.4, -0.2) is 28.2 Å². The highest BCUT2D eigenvalue weighted by Crippen LogP contribution is 2.71. The maximum atomic E-state index is 14.0. The lowest BCUT2D eigenvalue weighted by atomic mass is 9.42. The molecule has 0 amide bonds. The molecule has 186 valence electrons. The molecule has 0 bridgehead atoms. The van der Waals surface area contributed by atoms with Crippen molar-refractivity contribution in [3.05, 3.63) is 22.8 Å². The molecule has 4 aliphatic carbocycles. The lowest BCUT2D eigenvalue weighted by molar-refractivity contribution is -0.137. The first-order valence-corrected chi connectivity index (χ1v) is 13.5. The van der Waals surface area contributed by atoms with Crippen LogP contribution in [0.3, 0.4) is 0 Å². The maximum absolute atomic E-state index is 14.0. The monoisotopic (exact) mass is 456 g/mol. The topological polar surface area (TPSA) is 57.5 Å². The van der Waals surface area contributed by atoms with E-state index in [1.165, 1.54) is 5.57 Å². The van der Waals surface area contributed by atoms with Crippen molar-refractivity contribution in [3.8, 4) is 0 Å². The molecular formula is C30H48O3. The predicted octanol–water partition coefficient (Wildman–Crippen LogP) is 6.63. The third-order valence-corrected chi connectivity index (χ3v) is 11.4. The van der Waals surface area contributed by atoms with Gasteiger partial charge in [0.15, 0.2) is 5.78 Å². The number of fused-ring (bicyclic) bond motifs is 4. The van der Waals surface area contributed by atoms with Gasteiger partial charge in [0.1, 0.15) is 0 Å². The van der Waals surface area contributed by atoms with Crippen LogP contribution >= 0.6 is 0 Å². The molecule has 0 aliphatic heterocycles. The molecule has 2 fully saturated rings. The van der Waals surface area contributed by atoms with Crippen LogP contribution in [0.1, 0.15) is 107 Å². The van der Waals surface area contributed by atoms with Gasteiger partial charge in [-0.1, -0.05) is 53.2 Å². The Labute approximate surface area is 202 Å². The summed E-state index contributed by atoms with van der Waals surface area (Å²) < 4.78 is 0. The number of aliphatic hydroxyl groups excluding tert-OH is 2. The number of ketones is 1. The molecule has 0 heterocycles. The normalized spacial score (nSPS) is 45.2. The van der Waals surface area contributed by atoms with E-state index in [2.05, 4.69) is 61.5 Å². The van der Waals surface area contributed by atoms with Crippen molar-refractivity contribution in [2.45, 2.75) is 119 Å². The molecule has 2 N–H and O–H groups in total. The Morgan fingerprint density at radius 2 is 1.76 bits per heavy atom. The van der Waals surface area contributed by atoms with E-state index in [9.17, 15) is 15.0 Å². The third kappa shape index (κ3) is 3.46. The van der Waals surface area contributed by atoms with Crippen molar-refractivity contribution in [1.29, 1.82) is 0 Å². The molecule has 0 radical (unpaired) electrons. The minimum atomic E-state index is -0.573. The Bertz CT molecular complexity index is 877. The molecule has 0 unspecified atom stereocenters. The molecule has 3 heteroatoms. The number of rotatable bonds is 4. The fourth-order valence-electron chi connectivity index (χ4n) is 9.22. The largest absolute Gasteiger partial charge is 0.393 e. The molecule has 33 heavy (non-hydrogen) atoms. The highest BCUT2D eigenvalue weighted by molar-refractivity contribution is 6.00. The van der Waals surface area contributed by atoms with Crippen LogP contribution in [0.25, 0.3) is 0 Å². The zero-order valence-corrected chi connectivity index (χ0v) is 22.4. The zero-order valence-electron chi connectivity index (χ0n) is 22.4. The van der Waals surface area contributed by atoms with Gasteiger partial charge in [0.05, 0.1) is 12.2 Å². The van der Waals surface area contributed by atoms with Crippen molar-refractivity contribution >= 4 is 5.78 Å². The number of carbonyl (C=O) groups is 1. The van der Waals surface area contributed by atoms with Gasteiger partial charge in [-0.15, -0.1) is 0 Å². The van der Waals surface area contributed by atoms with Crippen LogP contribution < -0.4 is 0 Å². The summed E-state index contributed by atoms with van der Waals surface area (Å²) in [4.78, 5) is 14.0. The first-order chi connectivity index (χ1) is 15.2. The van der Waals surface area contributed by atoms with Gasteiger partial charge in [0.25, 0.3) is 0 Å². The lowest BCUT2D eigenvalue weighted by Gasteiger charge is -2.62. The fourth-order valence-corrected chi connectivity index (χ4v) is 9.22. The predicted molar refractivity (Wildman–Crippen MR) is 135 cm³/mol. The number of hydrogen-bond acceptors (Lipinski definition) is 3. The summed E-state index contributed by atoms with van der Waals surface area (Å²) in [5, 5.41) is 22.4. The summed E-state index contributed by atoms with van der Waals surface area (Å²) in [6.07, 6.45) is 8.72. The van der Waals surface area contributed by atoms with Crippen LogP contribution in [0.2, 0.25) is 0 Å². The number of carbonyl (C=O) groups excluding carboxylic acids is 1. The second-order valence-corrected chi connectivity index (χ2v) is 13.7. The second-order valence-electron chi connectivity index (χ2n) is 13.7. The van der Waals surface area contributed by atoms with Crippen molar-refractivity contribution in [2.24, 2.45) is 39.4 Å². The quantitative estimate of drug-likeness (QED) is 0.467. The van der Waals surface area contributed by atoms with Crippen LogP contribution in [-0.2, 0) is 4.79 Å². The highest BCUT2D eigenvalue weighted by atomic mass is 16.3. The van der Waals surface area contributed by atoms with Gasteiger partial charge in [0, 0.05) is 12.0 Å². The summed E-state index contributed by atoms with van der Waals surface area (Å²) in [5.41, 5.74) is 2.66. The Morgan fingerprint density at radius 3 is 2.39 bits per heavy atom. The van der Waals surface area contributed by atoms with Crippen molar-refractivity contribution in [3.63, 3.8) is 0 Å². The van der Waals surface area contributed by atoms with Crippen LogP contribution in [0.4, 0.5) is 0 Å². The molecule has 0 aromatic heterocycles. The molecule has 3 nitrogen and oxygen atoms in total. The second kappa shape index (κ2) is 8.05. The smallest absolute Gasteiger partial charge is 0.160 e. The minimum absolute atomic E-state index is 0.0960. The van der Waals surface area contributed by atoms with E-state index in [-0.39, 0.29) is 39.5 Å². The first kappa shape index (κ1) is 25.2. The van der Waals surface area contributed by atoms with Crippen molar-refractivity contribution < 1.29 is 15.0 Å². The van der Waals surface area contributed by atoms with E-state index in [1.807, 2.05) is 0 Å². The van der Waals surface area contributed by atoms with Gasteiger partial charge in [-0.2, -0.15) is 0 Å². The van der Waals surface area contributed by atoms with Gasteiger partial charge in [-0.3, -0.25) is 4.79 Å². The van der Waals surface area contributed by atoms with Crippen molar-refractivity contribution in [2.75, 3.05) is 0 Å². The van der Waals surface area contributed by atoms with E-state index >= 15 is 0 Å². The molecular weight excluding hydrogens is 408 g/mol. The van der Waals surface area contributed by atoms with E-state index < -0.39 is 6.10 Å². The Morgan fingerprint density at radius 1 is 1.09 bits per heavy atom. The number of allylic oxidation sites excluding steroid dienone is 3. The summed E-state index contributed by atoms with van der Waals surface area (Å²) in [5.74, 6) is 1.48. The summed E-state index contributed by atoms with van der Waals surface area (Å²) in [6.45, 7) is 18.0. The minimum Gasteiger partial charge on any atom is -0.393 e. The number of hydrogen-bond donors (Lipinski definition) is 2. The van der Waals surface area contributed by atoms with E-state index in [0.717, 1.165) is 49.7 Å². The van der Waals surface area contributed by atoms with Crippen LogP contribution in [0.5, 0.6) is 0 Å². The average molecular weight is 457 g/mol. The molecule has 0 aromatic rings. The molecule has 4 rings (SSSR count). The first-order valence-electron chi connectivity index (χ1n) is 13.5. The SMILES string of the molecule is CC(C)=CCC[C@@H](C)[C@@H]1CC[C@]2(C)C3=C(C(=O)C[C@@]12C)[C@@]1(C)CC[C@H](O)C(C)(C)[C@@H]1C[C@H]3O. The Kier molecular flexibility index (Phi) is 6.14. The molecule has 4 aliphatic rings. The average Bonchev–Trinajstić information content (AvgIpc) is 2.97. The van der Waals surface area contributed by atoms with Crippen LogP contribution in [0, 0.1) is 39.4 Å². The third-order valence-electron chi connectivity index (χ3n) is 11.4.